The van der Waals surface area contributed by atoms with Gasteiger partial charge in [0.15, 0.2) is 0 Å². The minimum Gasteiger partial charge on any atom is -0.382 e. The summed E-state index contributed by atoms with van der Waals surface area (Å²) in [6, 6.07) is 3.59. The molecule has 6 nitrogen and oxygen atoms in total. The summed E-state index contributed by atoms with van der Waals surface area (Å²) in [5, 5.41) is 6.84. The summed E-state index contributed by atoms with van der Waals surface area (Å²) in [4.78, 5) is 16.2. The van der Waals surface area contributed by atoms with Crippen molar-refractivity contribution in [3.63, 3.8) is 0 Å². The fraction of sp³-hybridized carbons (Fsp3) is 0.400. The molecule has 1 amide bonds. The predicted octanol–water partition coefficient (Wildman–Crippen LogP) is 2.20. The Morgan fingerprint density at radius 1 is 1.38 bits per heavy atom. The van der Waals surface area contributed by atoms with Crippen molar-refractivity contribution in [2.24, 2.45) is 0 Å². The Bertz CT molecular complexity index is 581. The zero-order chi connectivity index (χ0) is 15.1. The van der Waals surface area contributed by atoms with Crippen LogP contribution in [0.2, 0.25) is 0 Å². The number of nitrogens with one attached hydrogen (secondary N) is 1. The van der Waals surface area contributed by atoms with E-state index in [0.717, 1.165) is 12.0 Å². The van der Waals surface area contributed by atoms with Gasteiger partial charge in [-0.05, 0) is 32.4 Å². The number of hydrogen-bond acceptors (Lipinski definition) is 5. The molecule has 21 heavy (non-hydrogen) atoms. The quantitative estimate of drug-likeness (QED) is 0.791. The lowest BCUT2D eigenvalue weighted by molar-refractivity contribution is 0.0943. The van der Waals surface area contributed by atoms with E-state index in [1.807, 2.05) is 6.92 Å². The van der Waals surface area contributed by atoms with Crippen molar-refractivity contribution in [1.82, 2.24) is 15.5 Å². The molecule has 0 aliphatic rings. The van der Waals surface area contributed by atoms with Crippen LogP contribution >= 0.6 is 0 Å². The van der Waals surface area contributed by atoms with Crippen molar-refractivity contribution in [2.75, 3.05) is 19.8 Å². The summed E-state index contributed by atoms with van der Waals surface area (Å²) in [6.07, 6.45) is 4.08. The molecular weight excluding hydrogens is 270 g/mol. The van der Waals surface area contributed by atoms with Gasteiger partial charge in [-0.2, -0.15) is 0 Å². The van der Waals surface area contributed by atoms with Crippen LogP contribution in [0.3, 0.4) is 0 Å². The van der Waals surface area contributed by atoms with Crippen LogP contribution in [0.15, 0.2) is 29.0 Å². The van der Waals surface area contributed by atoms with Gasteiger partial charge in [0.05, 0.1) is 0 Å². The molecule has 0 aliphatic heterocycles. The van der Waals surface area contributed by atoms with Gasteiger partial charge in [-0.25, -0.2) is 0 Å². The van der Waals surface area contributed by atoms with Gasteiger partial charge >= 0.3 is 0 Å². The van der Waals surface area contributed by atoms with E-state index >= 15 is 0 Å². The lowest BCUT2D eigenvalue weighted by Crippen LogP contribution is -2.26. The lowest BCUT2D eigenvalue weighted by atomic mass is 10.1. The van der Waals surface area contributed by atoms with Gasteiger partial charge in [0, 0.05) is 37.7 Å². The summed E-state index contributed by atoms with van der Waals surface area (Å²) < 4.78 is 10.4. The van der Waals surface area contributed by atoms with Crippen LogP contribution in [0, 0.1) is 6.92 Å². The molecule has 2 aromatic rings. The number of aryl methyl sites for hydroxylation is 1. The third-order valence-electron chi connectivity index (χ3n) is 3.00. The van der Waals surface area contributed by atoms with Crippen LogP contribution in [0.1, 0.15) is 29.5 Å². The third kappa shape index (κ3) is 3.88. The highest BCUT2D eigenvalue weighted by Crippen LogP contribution is 2.24. The Morgan fingerprint density at radius 2 is 2.14 bits per heavy atom. The van der Waals surface area contributed by atoms with E-state index in [2.05, 4.69) is 15.5 Å². The predicted molar refractivity (Wildman–Crippen MR) is 77.9 cm³/mol. The number of nitrogens with zero attached hydrogens (tertiary/aromatic N) is 2. The molecule has 0 aliphatic carbocycles. The first-order chi connectivity index (χ1) is 10.2. The average molecular weight is 289 g/mol. The van der Waals surface area contributed by atoms with E-state index in [9.17, 15) is 4.79 Å². The Kier molecular flexibility index (Phi) is 5.45. The average Bonchev–Trinajstić information content (AvgIpc) is 2.89. The summed E-state index contributed by atoms with van der Waals surface area (Å²) in [5.41, 5.74) is 1.82. The molecule has 0 aromatic carbocycles. The molecule has 2 rings (SSSR count). The van der Waals surface area contributed by atoms with Crippen molar-refractivity contribution in [3.05, 3.63) is 35.9 Å². The maximum Gasteiger partial charge on any atom is 0.257 e. The molecular formula is C15H19N3O3. The normalized spacial score (nSPS) is 10.6. The van der Waals surface area contributed by atoms with Crippen molar-refractivity contribution >= 4 is 5.91 Å². The van der Waals surface area contributed by atoms with E-state index in [4.69, 9.17) is 9.26 Å². The monoisotopic (exact) mass is 289 g/mol. The zero-order valence-electron chi connectivity index (χ0n) is 12.3. The number of carbonyl (C=O) groups is 1. The number of carbonyl (C=O) groups excluding carboxylic acids is 1. The molecule has 0 spiro atoms. The van der Waals surface area contributed by atoms with E-state index < -0.39 is 0 Å². The highest BCUT2D eigenvalue weighted by Gasteiger charge is 2.21. The number of hydrogen-bond donors (Lipinski definition) is 1. The molecule has 0 saturated heterocycles. The van der Waals surface area contributed by atoms with Gasteiger partial charge < -0.3 is 14.6 Å². The van der Waals surface area contributed by atoms with Gasteiger partial charge in [0.2, 0.25) is 0 Å². The topological polar surface area (TPSA) is 77.2 Å². The fourth-order valence-corrected chi connectivity index (χ4v) is 1.96. The molecule has 2 aromatic heterocycles. The summed E-state index contributed by atoms with van der Waals surface area (Å²) in [6.45, 7) is 5.55. The van der Waals surface area contributed by atoms with Gasteiger partial charge in [0.25, 0.3) is 5.91 Å². The number of amides is 1. The van der Waals surface area contributed by atoms with Crippen LogP contribution < -0.4 is 5.32 Å². The van der Waals surface area contributed by atoms with Crippen molar-refractivity contribution in [1.29, 1.82) is 0 Å². The number of pyridine rings is 1. The summed E-state index contributed by atoms with van der Waals surface area (Å²) in [7, 11) is 0. The van der Waals surface area contributed by atoms with Gasteiger partial charge in [-0.1, -0.05) is 5.16 Å². The second-order valence-corrected chi connectivity index (χ2v) is 4.50. The molecule has 2 heterocycles. The Morgan fingerprint density at radius 3 is 2.86 bits per heavy atom. The second-order valence-electron chi connectivity index (χ2n) is 4.50. The fourth-order valence-electron chi connectivity index (χ4n) is 1.96. The molecule has 0 atom stereocenters. The Hall–Kier alpha value is -2.21. The van der Waals surface area contributed by atoms with Crippen LogP contribution in [-0.2, 0) is 4.74 Å². The van der Waals surface area contributed by atoms with Gasteiger partial charge in [-0.3, -0.25) is 9.78 Å². The van der Waals surface area contributed by atoms with Gasteiger partial charge in [-0.15, -0.1) is 0 Å². The number of aromatic nitrogens is 2. The number of rotatable bonds is 7. The molecule has 0 bridgehead atoms. The van der Waals surface area contributed by atoms with E-state index in [1.54, 1.807) is 31.5 Å². The van der Waals surface area contributed by atoms with E-state index in [1.165, 1.54) is 0 Å². The SMILES string of the molecule is CCOCCCNC(=O)c1c(-c2ccncc2)noc1C. The minimum absolute atomic E-state index is 0.183. The van der Waals surface area contributed by atoms with E-state index in [0.29, 0.717) is 36.8 Å². The molecule has 112 valence electrons. The largest absolute Gasteiger partial charge is 0.382 e. The summed E-state index contributed by atoms with van der Waals surface area (Å²) in [5.74, 6) is 0.321. The minimum atomic E-state index is -0.183. The van der Waals surface area contributed by atoms with Crippen LogP contribution in [0.5, 0.6) is 0 Å². The van der Waals surface area contributed by atoms with Gasteiger partial charge in [0.1, 0.15) is 17.0 Å². The molecule has 6 heteroatoms. The first-order valence-electron chi connectivity index (χ1n) is 6.96. The van der Waals surface area contributed by atoms with Crippen LogP contribution in [-0.4, -0.2) is 35.8 Å². The first-order valence-corrected chi connectivity index (χ1v) is 6.96. The maximum atomic E-state index is 12.3. The Balaban J connectivity index is 2.06. The number of ether oxygens (including phenoxy) is 1. The zero-order valence-corrected chi connectivity index (χ0v) is 12.3. The van der Waals surface area contributed by atoms with Crippen LogP contribution in [0.4, 0.5) is 0 Å². The molecule has 0 saturated carbocycles. The smallest absolute Gasteiger partial charge is 0.257 e. The maximum absolute atomic E-state index is 12.3. The molecule has 1 N–H and O–H groups in total. The van der Waals surface area contributed by atoms with Crippen molar-refractivity contribution in [3.8, 4) is 11.3 Å². The second kappa shape index (κ2) is 7.54. The standard InChI is InChI=1S/C15H19N3O3/c1-3-20-10-4-7-17-15(19)13-11(2)21-18-14(13)12-5-8-16-9-6-12/h5-6,8-9H,3-4,7,10H2,1-2H3,(H,17,19). The van der Waals surface area contributed by atoms with Crippen molar-refractivity contribution in [2.45, 2.75) is 20.3 Å². The lowest BCUT2D eigenvalue weighted by Gasteiger charge is -2.06. The van der Waals surface area contributed by atoms with E-state index in [-0.39, 0.29) is 5.91 Å². The van der Waals surface area contributed by atoms with Crippen LogP contribution in [0.25, 0.3) is 11.3 Å². The molecule has 0 unspecified atom stereocenters. The molecule has 0 radical (unpaired) electrons. The van der Waals surface area contributed by atoms with Crippen molar-refractivity contribution < 1.29 is 14.1 Å². The summed E-state index contributed by atoms with van der Waals surface area (Å²) >= 11 is 0. The third-order valence-corrected chi connectivity index (χ3v) is 3.00. The first kappa shape index (κ1) is 15.2. The highest BCUT2D eigenvalue weighted by molar-refractivity contribution is 6.00. The Labute approximate surface area is 123 Å². The molecule has 0 fully saturated rings. The highest BCUT2D eigenvalue weighted by atomic mass is 16.5.